The number of hydrogen-bond donors (Lipinski definition) is 6. The molecule has 24 nitrogen and oxygen atoms in total. The van der Waals surface area contributed by atoms with Crippen LogP contribution in [-0.4, -0.2) is 31.5 Å². The number of halogens is 6. The van der Waals surface area contributed by atoms with E-state index in [-0.39, 0.29) is 48.1 Å². The van der Waals surface area contributed by atoms with Gasteiger partial charge in [-0.3, -0.25) is 27.4 Å². The molecule has 6 N–H and O–H groups in total. The molecule has 0 saturated carbocycles. The van der Waals surface area contributed by atoms with E-state index >= 15 is 0 Å². The Morgan fingerprint density at radius 1 is 0.368 bits per heavy atom. The zero-order chi connectivity index (χ0) is 31.2. The fourth-order valence-corrected chi connectivity index (χ4v) is 0. The maximum atomic E-state index is 10.6. The fourth-order valence-electron chi connectivity index (χ4n) is 0. The summed E-state index contributed by atoms with van der Waals surface area (Å²) in [5.74, 6) is 0. The summed E-state index contributed by atoms with van der Waals surface area (Å²) < 4.78 is 131. The molecule has 0 aromatic heterocycles. The first-order valence-corrected chi connectivity index (χ1v) is 14.0. The second-order valence-electron chi connectivity index (χ2n) is 3.07. The topological polar surface area (TPSA) is 418 Å². The molecule has 0 amide bonds. The third kappa shape index (κ3) is 131. The largest absolute Gasteiger partial charge is 5.00 e. The Morgan fingerprint density at radius 3 is 0.395 bits per heavy atom. The van der Waals surface area contributed by atoms with Crippen molar-refractivity contribution >= 4 is 47.4 Å². The van der Waals surface area contributed by atoms with Crippen LogP contribution >= 0.6 is 47.4 Å². The first kappa shape index (κ1) is 59.3. The van der Waals surface area contributed by atoms with Gasteiger partial charge in [0.25, 0.3) is 0 Å². The Balaban J connectivity index is -0.0000000469. The first-order valence-electron chi connectivity index (χ1n) is 5.40. The molecule has 38 heavy (non-hydrogen) atoms. The van der Waals surface area contributed by atoms with Gasteiger partial charge in [-0.25, -0.2) is 31.5 Å². The SMILES string of the molecule is O=P([O-])(F)OO.O=P([O-])(F)OO.O=P([O-])(F)OO.O=P([O-])(F)OO.O=P([O-])(F)OO.O=P([O-])(F)OO.[Na+].[V+5]. The van der Waals surface area contributed by atoms with Crippen LogP contribution < -0.4 is 58.9 Å². The molecule has 0 spiro atoms. The van der Waals surface area contributed by atoms with E-state index in [9.17, 15) is 25.2 Å². The van der Waals surface area contributed by atoms with Crippen LogP contribution in [0, 0.1) is 0 Å². The summed E-state index contributed by atoms with van der Waals surface area (Å²) in [6.07, 6.45) is 0. The van der Waals surface area contributed by atoms with Crippen molar-refractivity contribution in [2.24, 2.45) is 0 Å². The molecule has 0 aromatic rings. The molecule has 6 atom stereocenters. The second-order valence-corrected chi connectivity index (χ2v) is 9.22. The van der Waals surface area contributed by atoms with E-state index in [2.05, 4.69) is 28.0 Å². The maximum Gasteiger partial charge on any atom is 5.00 e. The maximum absolute atomic E-state index is 10.6. The van der Waals surface area contributed by atoms with Crippen LogP contribution in [0.1, 0.15) is 0 Å². The Kier molecular flexibility index (Phi) is 45.1. The molecule has 38 heteroatoms. The van der Waals surface area contributed by atoms with Crippen molar-refractivity contribution in [2.45, 2.75) is 0 Å². The predicted molar refractivity (Wildman–Crippen MR) is 74.6 cm³/mol. The number of rotatable bonds is 6. The minimum Gasteiger partial charge on any atom is -0.751 e. The minimum absolute atomic E-state index is 0. The van der Waals surface area contributed by atoms with Crippen molar-refractivity contribution in [3.8, 4) is 0 Å². The standard InChI is InChI=1S/6FH2O4P.Na.V/c6*1-6(3,4)5-2;;/h6*2H,(H,3,4);;/q;;;;;;+1;+5/p-6. The van der Waals surface area contributed by atoms with Gasteiger partial charge in [0.15, 0.2) is 0 Å². The number of hydrogen-bond acceptors (Lipinski definition) is 24. The van der Waals surface area contributed by atoms with Crippen LogP contribution in [-0.2, 0) is 74.0 Å². The van der Waals surface area contributed by atoms with E-state index in [0.29, 0.717) is 0 Å². The van der Waals surface area contributed by atoms with Gasteiger partial charge in [-0.05, 0) is 0 Å². The van der Waals surface area contributed by atoms with Crippen molar-refractivity contribution < 1.29 is 190 Å². The van der Waals surface area contributed by atoms with Crippen LogP contribution in [0.4, 0.5) is 25.2 Å². The summed E-state index contributed by atoms with van der Waals surface area (Å²) in [5, 5.41) is 41.7. The molecular formula is H6F6NaO24P6V. The normalized spacial score (nSPS) is 18.8. The van der Waals surface area contributed by atoms with E-state index in [1.54, 1.807) is 0 Å². The molecule has 0 fully saturated rings. The van der Waals surface area contributed by atoms with Crippen molar-refractivity contribution in [3.63, 3.8) is 0 Å². The van der Waals surface area contributed by atoms with Crippen LogP contribution in [0.3, 0.4) is 0 Å². The van der Waals surface area contributed by atoms with Crippen LogP contribution in [0.25, 0.3) is 0 Å². The van der Waals surface area contributed by atoms with Gasteiger partial charge in [0.2, 0.25) is 0 Å². The van der Waals surface area contributed by atoms with E-state index in [4.69, 9.17) is 88.3 Å². The Morgan fingerprint density at radius 2 is 0.395 bits per heavy atom. The van der Waals surface area contributed by atoms with Gasteiger partial charge in [0.05, 0.1) is 0 Å². The van der Waals surface area contributed by atoms with Crippen LogP contribution in [0.2, 0.25) is 0 Å². The Bertz CT molecular complexity index is 614. The molecule has 0 heterocycles. The molecule has 0 bridgehead atoms. The molecule has 0 radical (unpaired) electrons. The Labute approximate surface area is 236 Å². The van der Waals surface area contributed by atoms with Crippen molar-refractivity contribution in [2.75, 3.05) is 0 Å². The Hall–Kier alpha value is 1.82. The average molecular weight is 764 g/mol. The van der Waals surface area contributed by atoms with Gasteiger partial charge in [0.1, 0.15) is 0 Å². The summed E-state index contributed by atoms with van der Waals surface area (Å²) in [7, 11) is -32.0. The third-order valence-electron chi connectivity index (χ3n) is 0.585. The molecular weight excluding hydrogens is 758 g/mol. The first-order chi connectivity index (χ1) is 15.4. The zero-order valence-corrected chi connectivity index (χ0v) is 25.2. The van der Waals surface area contributed by atoms with Gasteiger partial charge in [0, 0.05) is 0 Å². The summed E-state index contributed by atoms with van der Waals surface area (Å²) in [5.41, 5.74) is 0. The summed E-state index contributed by atoms with van der Waals surface area (Å²) >= 11 is 0. The van der Waals surface area contributed by atoms with Gasteiger partial charge < -0.3 is 29.4 Å². The monoisotopic (exact) mass is 764 g/mol. The van der Waals surface area contributed by atoms with E-state index in [0.717, 1.165) is 0 Å². The fraction of sp³-hybridized carbons (Fsp3) is 0. The molecule has 228 valence electrons. The van der Waals surface area contributed by atoms with Gasteiger partial charge >= 0.3 is 95.6 Å². The van der Waals surface area contributed by atoms with Crippen LogP contribution in [0.15, 0.2) is 0 Å². The smallest absolute Gasteiger partial charge is 0.751 e. The second kappa shape index (κ2) is 28.9. The predicted octanol–water partition coefficient (Wildman–Crippen LogP) is -3.52. The van der Waals surface area contributed by atoms with E-state index < -0.39 is 47.4 Å². The van der Waals surface area contributed by atoms with E-state index in [1.807, 2.05) is 0 Å². The summed E-state index contributed by atoms with van der Waals surface area (Å²) in [6, 6.07) is 0. The molecule has 0 saturated heterocycles. The van der Waals surface area contributed by atoms with Gasteiger partial charge in [-0.2, -0.15) is 53.2 Å². The van der Waals surface area contributed by atoms with Crippen LogP contribution in [0.5, 0.6) is 0 Å². The molecule has 0 aliphatic heterocycles. The van der Waals surface area contributed by atoms with Gasteiger partial charge in [-0.1, -0.05) is 0 Å². The molecule has 0 aliphatic carbocycles. The zero-order valence-electron chi connectivity index (χ0n) is 16.4. The molecule has 0 rings (SSSR count). The van der Waals surface area contributed by atoms with E-state index in [1.165, 1.54) is 0 Å². The molecule has 6 unspecified atom stereocenters. The molecule has 0 aromatic carbocycles. The third-order valence-corrected chi connectivity index (χ3v) is 1.76. The summed E-state index contributed by atoms with van der Waals surface area (Å²) in [6.45, 7) is 0. The van der Waals surface area contributed by atoms with Crippen molar-refractivity contribution in [1.29, 1.82) is 0 Å². The van der Waals surface area contributed by atoms with Crippen molar-refractivity contribution in [1.82, 2.24) is 0 Å². The average Bonchev–Trinajstić information content (AvgIpc) is 2.67. The minimum atomic E-state index is -5.34. The molecule has 0 aliphatic rings. The van der Waals surface area contributed by atoms with Crippen molar-refractivity contribution in [3.05, 3.63) is 0 Å². The quantitative estimate of drug-likeness (QED) is 0.0502. The summed E-state index contributed by atoms with van der Waals surface area (Å²) in [4.78, 5) is 53.3. The van der Waals surface area contributed by atoms with Gasteiger partial charge in [-0.15, -0.1) is 0 Å².